The fourth-order valence-corrected chi connectivity index (χ4v) is 3.81. The van der Waals surface area contributed by atoms with Crippen molar-refractivity contribution in [3.63, 3.8) is 0 Å². The van der Waals surface area contributed by atoms with Crippen molar-refractivity contribution in [2.75, 3.05) is 26.3 Å². The summed E-state index contributed by atoms with van der Waals surface area (Å²) in [7, 11) is -3.69. The minimum atomic E-state index is -3.69. The van der Waals surface area contributed by atoms with Crippen LogP contribution in [0.1, 0.15) is 31.7 Å². The number of morpholine rings is 1. The van der Waals surface area contributed by atoms with Crippen molar-refractivity contribution in [1.29, 1.82) is 0 Å². The lowest BCUT2D eigenvalue weighted by atomic mass is 10.3. The molecular formula is C15H20N4O5S. The molecular weight excluding hydrogens is 348 g/mol. The van der Waals surface area contributed by atoms with E-state index in [-0.39, 0.29) is 24.6 Å². The molecule has 0 N–H and O–H groups in total. The van der Waals surface area contributed by atoms with Crippen LogP contribution in [0.15, 0.2) is 27.6 Å². The first-order valence-electron chi connectivity index (χ1n) is 8.07. The van der Waals surface area contributed by atoms with E-state index in [1.807, 2.05) is 13.8 Å². The summed E-state index contributed by atoms with van der Waals surface area (Å²) in [5.41, 5.74) is 0. The molecule has 1 unspecified atom stereocenters. The van der Waals surface area contributed by atoms with Gasteiger partial charge in [0.25, 0.3) is 0 Å². The van der Waals surface area contributed by atoms with Crippen LogP contribution in [0.4, 0.5) is 0 Å². The number of hydrogen-bond acceptors (Lipinski definition) is 8. The van der Waals surface area contributed by atoms with Crippen LogP contribution in [0, 0.1) is 0 Å². The molecule has 0 amide bonds. The number of ether oxygens (including phenoxy) is 2. The van der Waals surface area contributed by atoms with Gasteiger partial charge in [-0.05, 0) is 13.0 Å². The number of aromatic nitrogens is 3. The maximum Gasteiger partial charge on any atom is 0.246 e. The molecule has 0 bridgehead atoms. The second kappa shape index (κ2) is 7.46. The van der Waals surface area contributed by atoms with E-state index in [1.165, 1.54) is 16.6 Å². The van der Waals surface area contributed by atoms with Gasteiger partial charge < -0.3 is 13.9 Å². The van der Waals surface area contributed by atoms with Crippen LogP contribution < -0.4 is 4.74 Å². The van der Waals surface area contributed by atoms with Gasteiger partial charge in [0.2, 0.25) is 27.7 Å². The Balaban J connectivity index is 1.77. The molecule has 1 aliphatic rings. The van der Waals surface area contributed by atoms with Crippen molar-refractivity contribution < 1.29 is 22.3 Å². The number of aryl methyl sites for hydroxylation is 1. The highest BCUT2D eigenvalue weighted by atomic mass is 32.2. The molecule has 2 aromatic rings. The summed E-state index contributed by atoms with van der Waals surface area (Å²) in [6.07, 6.45) is 1.33. The van der Waals surface area contributed by atoms with Gasteiger partial charge in [0.1, 0.15) is 11.0 Å². The van der Waals surface area contributed by atoms with Crippen LogP contribution in [-0.2, 0) is 21.2 Å². The smallest absolute Gasteiger partial charge is 0.246 e. The zero-order chi connectivity index (χ0) is 17.9. The van der Waals surface area contributed by atoms with E-state index in [0.717, 1.165) is 0 Å². The molecule has 3 rings (SSSR count). The molecule has 2 aromatic heterocycles. The number of sulfonamides is 1. The number of nitrogens with zero attached hydrogens (tertiary/aromatic N) is 4. The Labute approximate surface area is 146 Å². The highest BCUT2D eigenvalue weighted by Gasteiger charge is 2.34. The predicted molar refractivity (Wildman–Crippen MR) is 86.5 cm³/mol. The average molecular weight is 368 g/mol. The van der Waals surface area contributed by atoms with Gasteiger partial charge in [0.15, 0.2) is 0 Å². The first kappa shape index (κ1) is 17.8. The zero-order valence-corrected chi connectivity index (χ0v) is 14.9. The SMILES string of the molecule is CCOc1ccc(S(=O)(=O)N2CCOC(c3nnc(CC)o3)C2)cn1. The van der Waals surface area contributed by atoms with Crippen molar-refractivity contribution >= 4 is 10.0 Å². The number of pyridine rings is 1. The topological polar surface area (TPSA) is 108 Å². The summed E-state index contributed by atoms with van der Waals surface area (Å²) >= 11 is 0. The Hall–Kier alpha value is -2.04. The predicted octanol–water partition coefficient (Wildman–Crippen LogP) is 1.19. The fraction of sp³-hybridized carbons (Fsp3) is 0.533. The molecule has 1 aliphatic heterocycles. The summed E-state index contributed by atoms with van der Waals surface area (Å²) in [5.74, 6) is 1.18. The van der Waals surface area contributed by atoms with Gasteiger partial charge in [-0.3, -0.25) is 0 Å². The Kier molecular flexibility index (Phi) is 5.30. The normalized spacial score (nSPS) is 19.0. The highest BCUT2D eigenvalue weighted by molar-refractivity contribution is 7.89. The van der Waals surface area contributed by atoms with Crippen molar-refractivity contribution in [2.24, 2.45) is 0 Å². The third-order valence-electron chi connectivity index (χ3n) is 3.73. The summed E-state index contributed by atoms with van der Waals surface area (Å²) in [5, 5.41) is 7.83. The number of hydrogen-bond donors (Lipinski definition) is 0. The maximum absolute atomic E-state index is 12.8. The first-order chi connectivity index (χ1) is 12.0. The molecule has 9 nitrogen and oxygen atoms in total. The minimum absolute atomic E-state index is 0.108. The Morgan fingerprint density at radius 1 is 1.32 bits per heavy atom. The van der Waals surface area contributed by atoms with Gasteiger partial charge in [0, 0.05) is 25.6 Å². The van der Waals surface area contributed by atoms with E-state index in [2.05, 4.69) is 15.2 Å². The van der Waals surface area contributed by atoms with E-state index >= 15 is 0 Å². The highest BCUT2D eigenvalue weighted by Crippen LogP contribution is 2.26. The lowest BCUT2D eigenvalue weighted by molar-refractivity contribution is -0.0178. The molecule has 1 atom stereocenters. The van der Waals surface area contributed by atoms with E-state index in [0.29, 0.717) is 30.7 Å². The largest absolute Gasteiger partial charge is 0.478 e. The lowest BCUT2D eigenvalue weighted by Gasteiger charge is -2.30. The molecule has 0 aliphatic carbocycles. The summed E-state index contributed by atoms with van der Waals surface area (Å²) < 4.78 is 43.3. The van der Waals surface area contributed by atoms with Gasteiger partial charge in [-0.1, -0.05) is 6.92 Å². The molecule has 3 heterocycles. The second-order valence-electron chi connectivity index (χ2n) is 5.38. The van der Waals surface area contributed by atoms with Gasteiger partial charge in [-0.2, -0.15) is 4.31 Å². The summed E-state index contributed by atoms with van der Waals surface area (Å²) in [6, 6.07) is 3.03. The molecule has 10 heteroatoms. The van der Waals surface area contributed by atoms with Gasteiger partial charge in [-0.25, -0.2) is 13.4 Å². The van der Waals surface area contributed by atoms with Crippen LogP contribution in [0.3, 0.4) is 0 Å². The van der Waals surface area contributed by atoms with Crippen LogP contribution in [0.2, 0.25) is 0 Å². The maximum atomic E-state index is 12.8. The lowest BCUT2D eigenvalue weighted by Crippen LogP contribution is -2.42. The molecule has 0 aromatic carbocycles. The van der Waals surface area contributed by atoms with Crippen LogP contribution >= 0.6 is 0 Å². The van der Waals surface area contributed by atoms with Gasteiger partial charge in [-0.15, -0.1) is 10.2 Å². The zero-order valence-electron chi connectivity index (χ0n) is 14.1. The van der Waals surface area contributed by atoms with Crippen molar-refractivity contribution in [2.45, 2.75) is 31.3 Å². The average Bonchev–Trinajstić information content (AvgIpc) is 3.12. The van der Waals surface area contributed by atoms with E-state index in [9.17, 15) is 8.42 Å². The van der Waals surface area contributed by atoms with Crippen molar-refractivity contribution in [3.8, 4) is 5.88 Å². The molecule has 136 valence electrons. The monoisotopic (exact) mass is 368 g/mol. The Morgan fingerprint density at radius 2 is 2.16 bits per heavy atom. The van der Waals surface area contributed by atoms with E-state index in [1.54, 1.807) is 6.07 Å². The molecule has 1 fully saturated rings. The standard InChI is InChI=1S/C15H20N4O5S/c1-3-13-17-18-15(24-13)12-10-19(7-8-23-12)25(20,21)11-5-6-14(16-9-11)22-4-2/h5-6,9,12H,3-4,7-8,10H2,1-2H3. The Morgan fingerprint density at radius 3 is 2.80 bits per heavy atom. The second-order valence-corrected chi connectivity index (χ2v) is 7.31. The van der Waals surface area contributed by atoms with Crippen LogP contribution in [-0.4, -0.2) is 54.2 Å². The molecule has 1 saturated heterocycles. The first-order valence-corrected chi connectivity index (χ1v) is 9.51. The third-order valence-corrected chi connectivity index (χ3v) is 5.58. The van der Waals surface area contributed by atoms with E-state index in [4.69, 9.17) is 13.9 Å². The molecule has 0 spiro atoms. The quantitative estimate of drug-likeness (QED) is 0.748. The molecule has 0 radical (unpaired) electrons. The van der Waals surface area contributed by atoms with Gasteiger partial charge >= 0.3 is 0 Å². The van der Waals surface area contributed by atoms with Crippen molar-refractivity contribution in [3.05, 3.63) is 30.1 Å². The molecule has 0 saturated carbocycles. The Bertz CT molecular complexity index is 806. The number of rotatable bonds is 6. The fourth-order valence-electron chi connectivity index (χ4n) is 2.43. The van der Waals surface area contributed by atoms with E-state index < -0.39 is 16.1 Å². The molecule has 25 heavy (non-hydrogen) atoms. The van der Waals surface area contributed by atoms with Crippen LogP contribution in [0.25, 0.3) is 0 Å². The summed E-state index contributed by atoms with van der Waals surface area (Å²) in [6.45, 7) is 4.81. The minimum Gasteiger partial charge on any atom is -0.478 e. The summed E-state index contributed by atoms with van der Waals surface area (Å²) in [4.78, 5) is 4.13. The van der Waals surface area contributed by atoms with Crippen molar-refractivity contribution in [1.82, 2.24) is 19.5 Å². The third kappa shape index (κ3) is 3.80. The van der Waals surface area contributed by atoms with Gasteiger partial charge in [0.05, 0.1) is 19.4 Å². The van der Waals surface area contributed by atoms with Crippen LogP contribution in [0.5, 0.6) is 5.88 Å².